The van der Waals surface area contributed by atoms with Crippen molar-refractivity contribution in [2.24, 2.45) is 0 Å². The molecule has 0 saturated carbocycles. The number of methoxy groups -OCH3 is 1. The maximum absolute atomic E-state index is 12.2. The monoisotopic (exact) mass is 301 g/mol. The van der Waals surface area contributed by atoms with Crippen molar-refractivity contribution in [2.75, 3.05) is 20.2 Å². The fraction of sp³-hybridized carbons (Fsp3) is 0.455. The second-order valence-electron chi connectivity index (χ2n) is 4.40. The van der Waals surface area contributed by atoms with Gasteiger partial charge in [0.1, 0.15) is 5.75 Å². The van der Waals surface area contributed by atoms with Crippen molar-refractivity contribution in [1.82, 2.24) is 10.0 Å². The molecule has 0 radical (unpaired) electrons. The first-order valence-corrected chi connectivity index (χ1v) is 7.48. The third kappa shape index (κ3) is 3.06. The molecule has 1 unspecified atom stereocenters. The van der Waals surface area contributed by atoms with Gasteiger partial charge in [0.15, 0.2) is 4.90 Å². The first kappa shape index (κ1) is 14.7. The summed E-state index contributed by atoms with van der Waals surface area (Å²) in [6, 6.07) is 3.42. The van der Waals surface area contributed by atoms with Gasteiger partial charge in [-0.05, 0) is 25.1 Å². The number of nitrogens with zero attached hydrogens (tertiary/aromatic N) is 1. The third-order valence-corrected chi connectivity index (χ3v) is 4.60. The number of hydrogen-bond acceptors (Lipinski definition) is 6. The molecule has 110 valence electrons. The number of sulfonamides is 1. The second-order valence-corrected chi connectivity index (χ2v) is 6.08. The zero-order valence-electron chi connectivity index (χ0n) is 10.8. The number of nitrogens with one attached hydrogen (secondary N) is 2. The molecule has 2 N–H and O–H groups in total. The van der Waals surface area contributed by atoms with E-state index in [1.165, 1.54) is 19.2 Å². The fourth-order valence-electron chi connectivity index (χ4n) is 2.03. The SMILES string of the molecule is COc1ccc(S(=O)(=O)NC2CCNC2)c([N+](=O)[O-])c1. The maximum atomic E-state index is 12.2. The molecule has 1 aromatic rings. The molecule has 1 aliphatic heterocycles. The van der Waals surface area contributed by atoms with Crippen LogP contribution in [0.4, 0.5) is 5.69 Å². The van der Waals surface area contributed by atoms with Gasteiger partial charge in [0.25, 0.3) is 5.69 Å². The highest BCUT2D eigenvalue weighted by Gasteiger charge is 2.29. The highest BCUT2D eigenvalue weighted by Crippen LogP contribution is 2.28. The van der Waals surface area contributed by atoms with Crippen LogP contribution in [-0.2, 0) is 10.0 Å². The Morgan fingerprint density at radius 1 is 1.50 bits per heavy atom. The van der Waals surface area contributed by atoms with Gasteiger partial charge in [-0.3, -0.25) is 10.1 Å². The highest BCUT2D eigenvalue weighted by molar-refractivity contribution is 7.89. The van der Waals surface area contributed by atoms with E-state index in [-0.39, 0.29) is 16.7 Å². The summed E-state index contributed by atoms with van der Waals surface area (Å²) in [4.78, 5) is 9.94. The molecule has 8 nitrogen and oxygen atoms in total. The summed E-state index contributed by atoms with van der Waals surface area (Å²) < 4.78 is 31.8. The molecule has 0 spiro atoms. The largest absolute Gasteiger partial charge is 0.497 e. The van der Waals surface area contributed by atoms with Crippen LogP contribution in [0, 0.1) is 10.1 Å². The summed E-state index contributed by atoms with van der Waals surface area (Å²) in [6.45, 7) is 1.24. The lowest BCUT2D eigenvalue weighted by atomic mass is 10.3. The Morgan fingerprint density at radius 2 is 2.25 bits per heavy atom. The highest BCUT2D eigenvalue weighted by atomic mass is 32.2. The topological polar surface area (TPSA) is 111 Å². The number of ether oxygens (including phenoxy) is 1. The summed E-state index contributed by atoms with van der Waals surface area (Å²) >= 11 is 0. The molecule has 20 heavy (non-hydrogen) atoms. The second kappa shape index (κ2) is 5.73. The molecule has 1 heterocycles. The van der Waals surface area contributed by atoms with Gasteiger partial charge in [0, 0.05) is 12.6 Å². The van der Waals surface area contributed by atoms with Gasteiger partial charge in [0.2, 0.25) is 10.0 Å². The van der Waals surface area contributed by atoms with E-state index in [1.54, 1.807) is 0 Å². The molecular weight excluding hydrogens is 286 g/mol. The Hall–Kier alpha value is -1.71. The van der Waals surface area contributed by atoms with E-state index in [9.17, 15) is 18.5 Å². The number of nitro groups is 1. The summed E-state index contributed by atoms with van der Waals surface area (Å²) in [5.41, 5.74) is -0.497. The van der Waals surface area contributed by atoms with Crippen LogP contribution in [0.1, 0.15) is 6.42 Å². The summed E-state index contributed by atoms with van der Waals surface area (Å²) in [5.74, 6) is 0.234. The van der Waals surface area contributed by atoms with Crippen LogP contribution in [0.15, 0.2) is 23.1 Å². The van der Waals surface area contributed by atoms with E-state index in [2.05, 4.69) is 10.0 Å². The van der Waals surface area contributed by atoms with E-state index in [0.717, 1.165) is 12.6 Å². The molecule has 1 atom stereocenters. The molecule has 0 amide bonds. The van der Waals surface area contributed by atoms with Gasteiger partial charge < -0.3 is 10.1 Å². The molecular formula is C11H15N3O5S. The zero-order valence-corrected chi connectivity index (χ0v) is 11.6. The van der Waals surface area contributed by atoms with E-state index in [1.807, 2.05) is 0 Å². The minimum atomic E-state index is -3.93. The summed E-state index contributed by atoms with van der Waals surface area (Å²) in [5, 5.41) is 14.0. The number of benzene rings is 1. The van der Waals surface area contributed by atoms with E-state index in [4.69, 9.17) is 4.74 Å². The van der Waals surface area contributed by atoms with Gasteiger partial charge in [-0.1, -0.05) is 0 Å². The van der Waals surface area contributed by atoms with Crippen LogP contribution in [0.2, 0.25) is 0 Å². The average molecular weight is 301 g/mol. The van der Waals surface area contributed by atoms with Crippen molar-refractivity contribution in [3.05, 3.63) is 28.3 Å². The molecule has 0 aromatic heterocycles. The van der Waals surface area contributed by atoms with Crippen molar-refractivity contribution in [3.63, 3.8) is 0 Å². The Morgan fingerprint density at radius 3 is 2.80 bits per heavy atom. The van der Waals surface area contributed by atoms with Crippen molar-refractivity contribution in [2.45, 2.75) is 17.4 Å². The molecule has 2 rings (SSSR count). The maximum Gasteiger partial charge on any atom is 0.293 e. The van der Waals surface area contributed by atoms with E-state index in [0.29, 0.717) is 13.0 Å². The van der Waals surface area contributed by atoms with Crippen LogP contribution < -0.4 is 14.8 Å². The fourth-order valence-corrected chi connectivity index (χ4v) is 3.46. The minimum Gasteiger partial charge on any atom is -0.497 e. The lowest BCUT2D eigenvalue weighted by molar-refractivity contribution is -0.387. The van der Waals surface area contributed by atoms with Gasteiger partial charge in [-0.2, -0.15) is 0 Å². The van der Waals surface area contributed by atoms with Gasteiger partial charge >= 0.3 is 0 Å². The lowest BCUT2D eigenvalue weighted by Gasteiger charge is -2.12. The minimum absolute atomic E-state index is 0.234. The first-order chi connectivity index (χ1) is 9.44. The Labute approximate surface area is 116 Å². The lowest BCUT2D eigenvalue weighted by Crippen LogP contribution is -2.36. The van der Waals surface area contributed by atoms with E-state index >= 15 is 0 Å². The predicted molar refractivity (Wildman–Crippen MR) is 71.2 cm³/mol. The summed E-state index contributed by atoms with van der Waals surface area (Å²) in [6.07, 6.45) is 0.656. The van der Waals surface area contributed by atoms with Crippen LogP contribution in [0.5, 0.6) is 5.75 Å². The molecule has 0 bridgehead atoms. The molecule has 9 heteroatoms. The smallest absolute Gasteiger partial charge is 0.293 e. The first-order valence-electron chi connectivity index (χ1n) is 5.99. The normalized spacial score (nSPS) is 18.9. The van der Waals surface area contributed by atoms with Crippen LogP contribution in [0.3, 0.4) is 0 Å². The quantitative estimate of drug-likeness (QED) is 0.595. The standard InChI is InChI=1S/C11H15N3O5S/c1-19-9-2-3-11(10(6-9)14(15)16)20(17,18)13-8-4-5-12-7-8/h2-3,6,8,12-13H,4-5,7H2,1H3. The average Bonchev–Trinajstić information content (AvgIpc) is 2.90. The van der Waals surface area contributed by atoms with Crippen molar-refractivity contribution in [1.29, 1.82) is 0 Å². The predicted octanol–water partition coefficient (Wildman–Crippen LogP) is 0.244. The van der Waals surface area contributed by atoms with Crippen LogP contribution >= 0.6 is 0 Å². The number of hydrogen-bond donors (Lipinski definition) is 2. The molecule has 1 aliphatic rings. The van der Waals surface area contributed by atoms with Crippen molar-refractivity contribution >= 4 is 15.7 Å². The Kier molecular flexibility index (Phi) is 4.21. The number of rotatable bonds is 5. The van der Waals surface area contributed by atoms with E-state index < -0.39 is 20.6 Å². The van der Waals surface area contributed by atoms with Gasteiger partial charge in [-0.15, -0.1) is 0 Å². The molecule has 0 aliphatic carbocycles. The van der Waals surface area contributed by atoms with Crippen LogP contribution in [0.25, 0.3) is 0 Å². The van der Waals surface area contributed by atoms with Crippen molar-refractivity contribution < 1.29 is 18.1 Å². The summed E-state index contributed by atoms with van der Waals surface area (Å²) in [7, 11) is -2.57. The van der Waals surface area contributed by atoms with Crippen molar-refractivity contribution in [3.8, 4) is 5.75 Å². The van der Waals surface area contributed by atoms with Gasteiger partial charge in [0.05, 0.1) is 18.1 Å². The molecule has 1 fully saturated rings. The molecule has 1 aromatic carbocycles. The van der Waals surface area contributed by atoms with Gasteiger partial charge in [-0.25, -0.2) is 13.1 Å². The van der Waals surface area contributed by atoms with Crippen LogP contribution in [-0.4, -0.2) is 39.6 Å². The Balaban J connectivity index is 2.37. The molecule has 1 saturated heterocycles. The number of nitro benzene ring substituents is 1. The zero-order chi connectivity index (χ0) is 14.8. The Bertz CT molecular complexity index is 610. The third-order valence-electron chi connectivity index (χ3n) is 3.03.